The first-order valence-corrected chi connectivity index (χ1v) is 17.1. The number of anilines is 2. The summed E-state index contributed by atoms with van der Waals surface area (Å²) in [4.78, 5) is 28.8. The molecular formula is C38H42ClN3O6. The monoisotopic (exact) mass is 671 g/mol. The second-order valence-corrected chi connectivity index (χ2v) is 13.1. The highest BCUT2D eigenvalue weighted by Gasteiger charge is 2.30. The average Bonchev–Trinajstić information content (AvgIpc) is 3.62. The molecule has 8 rings (SSSR count). The summed E-state index contributed by atoms with van der Waals surface area (Å²) in [6.07, 6.45) is 7.37. The third kappa shape index (κ3) is 5.98. The maximum absolute atomic E-state index is 12.6. The quantitative estimate of drug-likeness (QED) is 0.219. The molecule has 4 aliphatic rings. The molecule has 9 nitrogen and oxygen atoms in total. The third-order valence-electron chi connectivity index (χ3n) is 10.3. The van der Waals surface area contributed by atoms with Crippen LogP contribution < -0.4 is 19.3 Å². The Morgan fingerprint density at radius 3 is 2.50 bits per heavy atom. The molecule has 1 saturated carbocycles. The maximum atomic E-state index is 12.6. The molecule has 1 N–H and O–H groups in total. The number of aromatic nitrogens is 1. The number of fused-ring (bicyclic) bond motifs is 5. The largest absolute Gasteiger partial charge is 0.491 e. The second-order valence-electron chi connectivity index (χ2n) is 13.1. The van der Waals surface area contributed by atoms with Crippen LogP contribution in [0.4, 0.5) is 11.4 Å². The van der Waals surface area contributed by atoms with Crippen LogP contribution in [0.25, 0.3) is 22.2 Å². The zero-order valence-corrected chi connectivity index (χ0v) is 27.9. The van der Waals surface area contributed by atoms with Gasteiger partial charge < -0.3 is 33.7 Å². The van der Waals surface area contributed by atoms with Gasteiger partial charge in [-0.15, -0.1) is 12.4 Å². The van der Waals surface area contributed by atoms with Crippen molar-refractivity contribution in [2.75, 3.05) is 49.3 Å². The van der Waals surface area contributed by atoms with Gasteiger partial charge in [-0.05, 0) is 79.3 Å². The van der Waals surface area contributed by atoms with Crippen molar-refractivity contribution in [2.24, 2.45) is 0 Å². The Hall–Kier alpha value is -4.21. The van der Waals surface area contributed by atoms with Crippen LogP contribution in [0.1, 0.15) is 72.3 Å². The van der Waals surface area contributed by atoms with E-state index in [4.69, 9.17) is 14.2 Å². The van der Waals surface area contributed by atoms with Crippen molar-refractivity contribution in [3.05, 3.63) is 71.3 Å². The van der Waals surface area contributed by atoms with Crippen molar-refractivity contribution in [1.29, 1.82) is 0 Å². The topological polar surface area (TPSA) is 93.5 Å². The molecule has 0 atom stereocenters. The van der Waals surface area contributed by atoms with Gasteiger partial charge in [0.1, 0.15) is 24.7 Å². The minimum Gasteiger partial charge on any atom is -0.491 e. The number of carboxylic acid groups (broad SMARTS) is 1. The van der Waals surface area contributed by atoms with E-state index in [1.54, 1.807) is 6.07 Å². The number of carboxylic acids is 1. The highest BCUT2D eigenvalue weighted by atomic mass is 35.5. The van der Waals surface area contributed by atoms with E-state index < -0.39 is 5.97 Å². The fraction of sp³-hybridized carbons (Fsp3) is 0.421. The van der Waals surface area contributed by atoms with Crippen LogP contribution in [-0.2, 0) is 22.7 Å². The van der Waals surface area contributed by atoms with E-state index in [-0.39, 0.29) is 18.3 Å². The summed E-state index contributed by atoms with van der Waals surface area (Å²) < 4.78 is 20.8. The summed E-state index contributed by atoms with van der Waals surface area (Å²) in [5.41, 5.74) is 7.72. The van der Waals surface area contributed by atoms with E-state index in [0.717, 1.165) is 89.5 Å². The molecule has 3 fully saturated rings. The van der Waals surface area contributed by atoms with Gasteiger partial charge in [0.2, 0.25) is 5.91 Å². The first-order valence-electron chi connectivity index (χ1n) is 17.1. The Labute approximate surface area is 286 Å². The summed E-state index contributed by atoms with van der Waals surface area (Å²) in [6, 6.07) is 17.9. The van der Waals surface area contributed by atoms with E-state index in [0.29, 0.717) is 50.9 Å². The van der Waals surface area contributed by atoms with Gasteiger partial charge in [-0.1, -0.05) is 25.3 Å². The molecule has 4 heterocycles. The summed E-state index contributed by atoms with van der Waals surface area (Å²) in [5, 5.41) is 11.0. The number of morpholine rings is 1. The number of amides is 1. The zero-order valence-electron chi connectivity index (χ0n) is 27.1. The lowest BCUT2D eigenvalue weighted by atomic mass is 9.81. The minimum atomic E-state index is -0.919. The Morgan fingerprint density at radius 1 is 0.896 bits per heavy atom. The van der Waals surface area contributed by atoms with Gasteiger partial charge in [-0.25, -0.2) is 4.79 Å². The highest BCUT2D eigenvalue weighted by Crippen LogP contribution is 2.48. The molecule has 1 aromatic heterocycles. The van der Waals surface area contributed by atoms with Crippen molar-refractivity contribution in [1.82, 2.24) is 4.57 Å². The van der Waals surface area contributed by atoms with Gasteiger partial charge in [0.25, 0.3) is 0 Å². The van der Waals surface area contributed by atoms with Gasteiger partial charge in [0.05, 0.1) is 31.0 Å². The molecule has 3 aromatic carbocycles. The van der Waals surface area contributed by atoms with Crippen LogP contribution in [-0.4, -0.2) is 61.0 Å². The average molecular weight is 672 g/mol. The van der Waals surface area contributed by atoms with Gasteiger partial charge in [-0.3, -0.25) is 4.79 Å². The molecule has 2 saturated heterocycles. The van der Waals surface area contributed by atoms with E-state index in [9.17, 15) is 14.7 Å². The Bertz CT molecular complexity index is 1840. The number of ether oxygens (including phenoxy) is 3. The number of halogens is 1. The molecule has 0 unspecified atom stereocenters. The van der Waals surface area contributed by atoms with Crippen LogP contribution in [0.3, 0.4) is 0 Å². The summed E-state index contributed by atoms with van der Waals surface area (Å²) >= 11 is 0. The van der Waals surface area contributed by atoms with E-state index >= 15 is 0 Å². The number of benzene rings is 3. The maximum Gasteiger partial charge on any atom is 0.335 e. The fourth-order valence-electron chi connectivity index (χ4n) is 8.04. The van der Waals surface area contributed by atoms with Crippen molar-refractivity contribution in [3.63, 3.8) is 0 Å². The molecule has 48 heavy (non-hydrogen) atoms. The van der Waals surface area contributed by atoms with Crippen LogP contribution in [0, 0.1) is 0 Å². The molecule has 0 spiro atoms. The van der Waals surface area contributed by atoms with Gasteiger partial charge >= 0.3 is 5.97 Å². The van der Waals surface area contributed by atoms with Crippen LogP contribution in [0.2, 0.25) is 0 Å². The predicted octanol–water partition coefficient (Wildman–Crippen LogP) is 7.41. The summed E-state index contributed by atoms with van der Waals surface area (Å²) in [5.74, 6) is 1.21. The number of rotatable bonds is 7. The van der Waals surface area contributed by atoms with Crippen molar-refractivity contribution < 1.29 is 28.9 Å². The predicted molar refractivity (Wildman–Crippen MR) is 188 cm³/mol. The molecule has 0 bridgehead atoms. The number of hydrogen-bond acceptors (Lipinski definition) is 6. The van der Waals surface area contributed by atoms with E-state index in [1.165, 1.54) is 24.8 Å². The normalized spacial score (nSPS) is 18.1. The first-order chi connectivity index (χ1) is 23.0. The number of nitrogens with zero attached hydrogens (tertiary/aromatic N) is 3. The minimum absolute atomic E-state index is 0. The van der Waals surface area contributed by atoms with Crippen LogP contribution in [0.15, 0.2) is 54.6 Å². The number of hydrogen-bond donors (Lipinski definition) is 1. The highest BCUT2D eigenvalue weighted by molar-refractivity contribution is 5.99. The number of carbonyl (C=O) groups is 2. The molecule has 252 valence electrons. The van der Waals surface area contributed by atoms with Crippen molar-refractivity contribution in [2.45, 2.75) is 64.0 Å². The fourth-order valence-corrected chi connectivity index (χ4v) is 8.04. The van der Waals surface area contributed by atoms with E-state index in [2.05, 4.69) is 33.7 Å². The summed E-state index contributed by atoms with van der Waals surface area (Å²) in [6.45, 7) is 5.21. The van der Waals surface area contributed by atoms with Crippen molar-refractivity contribution >= 4 is 46.6 Å². The number of carbonyl (C=O) groups excluding carboxylic acids is 1. The molecule has 1 amide bonds. The molecule has 4 aromatic rings. The molecule has 10 heteroatoms. The van der Waals surface area contributed by atoms with Crippen molar-refractivity contribution in [3.8, 4) is 22.8 Å². The standard InChI is InChI=1S/C38H41N3O6.ClH/c42-35-7-4-14-40(35)28-9-12-32(39-15-18-45-19-16-39)27(21-28)24-47-29-10-13-34-31(23-29)37-36(25-5-2-1-3-6-25)30-11-8-26(38(43)44)22-33(30)41(37)17-20-46-34;/h8-13,21-23,25H,1-7,14-20,24H2,(H,43,44);1H. The van der Waals surface area contributed by atoms with Crippen LogP contribution in [0.5, 0.6) is 11.5 Å². The van der Waals surface area contributed by atoms with Gasteiger partial charge in [0, 0.05) is 59.5 Å². The molecule has 1 aliphatic carbocycles. The molecule has 0 radical (unpaired) electrons. The first kappa shape index (κ1) is 32.3. The lowest BCUT2D eigenvalue weighted by Crippen LogP contribution is -2.37. The van der Waals surface area contributed by atoms with Gasteiger partial charge in [-0.2, -0.15) is 0 Å². The SMILES string of the molecule is Cl.O=C(O)c1ccc2c(C3CCCCC3)c3n(c2c1)CCOc1ccc(OCc2cc(N4CCCC4=O)ccc2N2CCOCC2)cc1-3. The zero-order chi connectivity index (χ0) is 31.9. The smallest absolute Gasteiger partial charge is 0.335 e. The Balaban J connectivity index is 0.00000364. The molecule has 3 aliphatic heterocycles. The van der Waals surface area contributed by atoms with Crippen LogP contribution >= 0.6 is 12.4 Å². The third-order valence-corrected chi connectivity index (χ3v) is 10.3. The number of aromatic carboxylic acids is 1. The molecular weight excluding hydrogens is 630 g/mol. The van der Waals surface area contributed by atoms with Gasteiger partial charge in [0.15, 0.2) is 0 Å². The second kappa shape index (κ2) is 13.7. The lowest BCUT2D eigenvalue weighted by molar-refractivity contribution is -0.117. The Morgan fingerprint density at radius 2 is 1.73 bits per heavy atom. The van der Waals surface area contributed by atoms with E-state index in [1.807, 2.05) is 29.2 Å². The summed E-state index contributed by atoms with van der Waals surface area (Å²) in [7, 11) is 0. The lowest BCUT2D eigenvalue weighted by Gasteiger charge is -2.31. The Kier molecular flexibility index (Phi) is 9.25.